The van der Waals surface area contributed by atoms with E-state index in [0.29, 0.717) is 11.8 Å². The molecule has 1 saturated carbocycles. The second-order valence-corrected chi connectivity index (χ2v) is 3.97. The van der Waals surface area contributed by atoms with Gasteiger partial charge in [-0.3, -0.25) is 0 Å². The summed E-state index contributed by atoms with van der Waals surface area (Å²) in [6.07, 6.45) is 5.20. The van der Waals surface area contributed by atoms with Gasteiger partial charge < -0.3 is 5.73 Å². The molecule has 2 heterocycles. The topological polar surface area (TPSA) is 43.3 Å². The summed E-state index contributed by atoms with van der Waals surface area (Å²) >= 11 is 0. The molecule has 1 aliphatic carbocycles. The van der Waals surface area contributed by atoms with Crippen molar-refractivity contribution in [2.75, 3.05) is 6.54 Å². The Hall–Kier alpha value is -1.35. The quantitative estimate of drug-likeness (QED) is 0.772. The maximum atomic E-state index is 5.65. The first-order valence-corrected chi connectivity index (χ1v) is 5.02. The third kappa shape index (κ3) is 1.06. The molecule has 2 aromatic heterocycles. The van der Waals surface area contributed by atoms with Gasteiger partial charge in [-0.05, 0) is 36.9 Å². The lowest BCUT2D eigenvalue weighted by Gasteiger charge is -1.96. The highest BCUT2D eigenvalue weighted by atomic mass is 15.2. The van der Waals surface area contributed by atoms with Crippen LogP contribution in [0.25, 0.3) is 5.52 Å². The molecule has 0 bridgehead atoms. The highest BCUT2D eigenvalue weighted by Gasteiger charge is 2.38. The van der Waals surface area contributed by atoms with Crippen LogP contribution in [0.3, 0.4) is 0 Å². The number of nitrogens with zero attached hydrogens (tertiary/aromatic N) is 2. The molecule has 0 saturated heterocycles. The second-order valence-electron chi connectivity index (χ2n) is 3.97. The van der Waals surface area contributed by atoms with Crippen molar-refractivity contribution >= 4 is 5.52 Å². The van der Waals surface area contributed by atoms with E-state index < -0.39 is 0 Å². The van der Waals surface area contributed by atoms with Crippen molar-refractivity contribution in [3.05, 3.63) is 36.2 Å². The van der Waals surface area contributed by atoms with Crippen LogP contribution in [0.2, 0.25) is 0 Å². The summed E-state index contributed by atoms with van der Waals surface area (Å²) in [6.45, 7) is 0.800. The fourth-order valence-electron chi connectivity index (χ4n) is 2.13. The van der Waals surface area contributed by atoms with Crippen LogP contribution in [-0.2, 0) is 0 Å². The van der Waals surface area contributed by atoms with Crippen molar-refractivity contribution in [1.29, 1.82) is 0 Å². The molecule has 0 spiro atoms. The van der Waals surface area contributed by atoms with Gasteiger partial charge in [-0.2, -0.15) is 5.10 Å². The molecule has 14 heavy (non-hydrogen) atoms. The van der Waals surface area contributed by atoms with Gasteiger partial charge in [-0.25, -0.2) is 4.52 Å². The number of hydrogen-bond acceptors (Lipinski definition) is 2. The van der Waals surface area contributed by atoms with Crippen LogP contribution in [0, 0.1) is 5.92 Å². The average molecular weight is 187 g/mol. The van der Waals surface area contributed by atoms with E-state index in [2.05, 4.69) is 17.2 Å². The lowest BCUT2D eigenvalue weighted by molar-refractivity contribution is 0.812. The standard InChI is InChI=1S/C11H13N3/c12-6-8-5-9(8)10-7-13-14-4-2-1-3-11(10)14/h1-4,7-9H,5-6,12H2. The monoisotopic (exact) mass is 187 g/mol. The highest BCUT2D eigenvalue weighted by molar-refractivity contribution is 5.56. The summed E-state index contributed by atoms with van der Waals surface area (Å²) in [4.78, 5) is 0. The molecule has 0 radical (unpaired) electrons. The number of pyridine rings is 1. The molecule has 3 rings (SSSR count). The van der Waals surface area contributed by atoms with E-state index in [4.69, 9.17) is 5.73 Å². The molecule has 2 unspecified atom stereocenters. The fourth-order valence-corrected chi connectivity index (χ4v) is 2.13. The first-order valence-electron chi connectivity index (χ1n) is 5.02. The van der Waals surface area contributed by atoms with Gasteiger partial charge in [0.15, 0.2) is 0 Å². The number of aromatic nitrogens is 2. The molecule has 2 N–H and O–H groups in total. The first kappa shape index (κ1) is 8.00. The summed E-state index contributed by atoms with van der Waals surface area (Å²) in [5, 5.41) is 4.32. The van der Waals surface area contributed by atoms with Crippen molar-refractivity contribution in [2.45, 2.75) is 12.3 Å². The average Bonchev–Trinajstić information content (AvgIpc) is 2.90. The van der Waals surface area contributed by atoms with Crippen LogP contribution in [0.5, 0.6) is 0 Å². The van der Waals surface area contributed by atoms with Crippen molar-refractivity contribution in [1.82, 2.24) is 9.61 Å². The maximum absolute atomic E-state index is 5.65. The summed E-state index contributed by atoms with van der Waals surface area (Å²) in [6, 6.07) is 6.17. The molecule has 3 heteroatoms. The van der Waals surface area contributed by atoms with Crippen molar-refractivity contribution in [2.24, 2.45) is 11.7 Å². The second kappa shape index (κ2) is 2.82. The molecular formula is C11H13N3. The highest BCUT2D eigenvalue weighted by Crippen LogP contribution is 2.47. The maximum Gasteiger partial charge on any atom is 0.0696 e. The Morgan fingerprint density at radius 3 is 3.21 bits per heavy atom. The molecule has 2 atom stereocenters. The normalized spacial score (nSPS) is 25.5. The Kier molecular flexibility index (Phi) is 1.61. The molecule has 1 fully saturated rings. The molecule has 0 aromatic carbocycles. The minimum atomic E-state index is 0.653. The van der Waals surface area contributed by atoms with Crippen LogP contribution < -0.4 is 5.73 Å². The summed E-state index contributed by atoms with van der Waals surface area (Å²) in [5.74, 6) is 1.34. The van der Waals surface area contributed by atoms with E-state index in [1.807, 2.05) is 23.0 Å². The molecular weight excluding hydrogens is 174 g/mol. The summed E-state index contributed by atoms with van der Waals surface area (Å²) < 4.78 is 1.93. The van der Waals surface area contributed by atoms with E-state index in [0.717, 1.165) is 6.54 Å². The van der Waals surface area contributed by atoms with E-state index in [9.17, 15) is 0 Å². The Labute approximate surface area is 82.5 Å². The Morgan fingerprint density at radius 1 is 1.50 bits per heavy atom. The minimum absolute atomic E-state index is 0.653. The van der Waals surface area contributed by atoms with Gasteiger partial charge in [0.1, 0.15) is 0 Å². The largest absolute Gasteiger partial charge is 0.330 e. The molecule has 3 nitrogen and oxygen atoms in total. The molecule has 2 aromatic rings. The lowest BCUT2D eigenvalue weighted by atomic mass is 10.1. The molecule has 1 aliphatic rings. The van der Waals surface area contributed by atoms with Crippen LogP contribution in [0.1, 0.15) is 17.9 Å². The first-order chi connectivity index (χ1) is 6.90. The van der Waals surface area contributed by atoms with Crippen LogP contribution in [-0.4, -0.2) is 16.2 Å². The summed E-state index contributed by atoms with van der Waals surface area (Å²) in [5.41, 5.74) is 8.24. The van der Waals surface area contributed by atoms with Crippen molar-refractivity contribution < 1.29 is 0 Å². The van der Waals surface area contributed by atoms with Crippen molar-refractivity contribution in [3.8, 4) is 0 Å². The fraction of sp³-hybridized carbons (Fsp3) is 0.364. The zero-order valence-corrected chi connectivity index (χ0v) is 7.93. The molecule has 72 valence electrons. The van der Waals surface area contributed by atoms with Crippen molar-refractivity contribution in [3.63, 3.8) is 0 Å². The smallest absolute Gasteiger partial charge is 0.0696 e. The summed E-state index contributed by atoms with van der Waals surface area (Å²) in [7, 11) is 0. The van der Waals surface area contributed by atoms with E-state index in [1.54, 1.807) is 0 Å². The third-order valence-corrected chi connectivity index (χ3v) is 3.08. The van der Waals surface area contributed by atoms with Crippen LogP contribution in [0.15, 0.2) is 30.6 Å². The van der Waals surface area contributed by atoms with E-state index in [-0.39, 0.29) is 0 Å². The number of hydrogen-bond donors (Lipinski definition) is 1. The van der Waals surface area contributed by atoms with Crippen LogP contribution in [0.4, 0.5) is 0 Å². The Morgan fingerprint density at radius 2 is 2.43 bits per heavy atom. The van der Waals surface area contributed by atoms with E-state index >= 15 is 0 Å². The Bertz CT molecular complexity index is 460. The van der Waals surface area contributed by atoms with Gasteiger partial charge in [0.25, 0.3) is 0 Å². The van der Waals surface area contributed by atoms with Gasteiger partial charge in [0.2, 0.25) is 0 Å². The third-order valence-electron chi connectivity index (χ3n) is 3.08. The lowest BCUT2D eigenvalue weighted by Crippen LogP contribution is -2.01. The zero-order chi connectivity index (χ0) is 9.54. The number of nitrogens with two attached hydrogens (primary N) is 1. The van der Waals surface area contributed by atoms with Gasteiger partial charge in [0, 0.05) is 11.8 Å². The van der Waals surface area contributed by atoms with Crippen LogP contribution >= 0.6 is 0 Å². The predicted molar refractivity (Wildman–Crippen MR) is 55.1 cm³/mol. The molecule has 0 aliphatic heterocycles. The number of fused-ring (bicyclic) bond motifs is 1. The minimum Gasteiger partial charge on any atom is -0.330 e. The van der Waals surface area contributed by atoms with E-state index in [1.165, 1.54) is 17.5 Å². The van der Waals surface area contributed by atoms with Gasteiger partial charge in [0.05, 0.1) is 11.7 Å². The van der Waals surface area contributed by atoms with Gasteiger partial charge in [-0.15, -0.1) is 0 Å². The van der Waals surface area contributed by atoms with Gasteiger partial charge >= 0.3 is 0 Å². The molecule has 0 amide bonds. The number of rotatable bonds is 2. The zero-order valence-electron chi connectivity index (χ0n) is 7.93. The Balaban J connectivity index is 2.06. The predicted octanol–water partition coefficient (Wildman–Crippen LogP) is 1.40. The SMILES string of the molecule is NCC1CC1c1cnn2ccccc12. The van der Waals surface area contributed by atoms with Gasteiger partial charge in [-0.1, -0.05) is 6.07 Å².